The Balaban J connectivity index is 1.61. The molecule has 29 heavy (non-hydrogen) atoms. The molecule has 0 N–H and O–H groups in total. The largest absolute Gasteiger partial charge is 0.419 e. The molecule has 154 valence electrons. The zero-order chi connectivity index (χ0) is 20.6. The van der Waals surface area contributed by atoms with E-state index in [1.54, 1.807) is 24.3 Å². The summed E-state index contributed by atoms with van der Waals surface area (Å²) in [5, 5.41) is 9.53. The van der Waals surface area contributed by atoms with Crippen molar-refractivity contribution >= 4 is 15.9 Å². The van der Waals surface area contributed by atoms with Gasteiger partial charge in [0.05, 0.1) is 4.90 Å². The number of piperidine rings is 1. The van der Waals surface area contributed by atoms with Crippen LogP contribution in [0, 0.1) is 23.2 Å². The summed E-state index contributed by atoms with van der Waals surface area (Å²) in [5.74, 6) is 1.89. The third kappa shape index (κ3) is 3.89. The number of oxazole rings is 1. The molecule has 2 saturated heterocycles. The van der Waals surface area contributed by atoms with Gasteiger partial charge in [0, 0.05) is 31.7 Å². The first kappa shape index (κ1) is 19.9. The van der Waals surface area contributed by atoms with E-state index >= 15 is 0 Å². The number of hydrogen-bond donors (Lipinski definition) is 0. The molecule has 1 aromatic carbocycles. The molecule has 0 spiro atoms. The fraction of sp³-hybridized carbons (Fsp3) is 0.524. The van der Waals surface area contributed by atoms with Crippen molar-refractivity contribution in [2.75, 3.05) is 31.1 Å². The van der Waals surface area contributed by atoms with Gasteiger partial charge in [-0.3, -0.25) is 0 Å². The fourth-order valence-electron chi connectivity index (χ4n) is 4.40. The maximum Gasteiger partial charge on any atom is 0.243 e. The molecule has 0 unspecified atom stereocenters. The van der Waals surface area contributed by atoms with Crippen molar-refractivity contribution in [3.05, 3.63) is 30.0 Å². The average molecular weight is 415 g/mol. The van der Waals surface area contributed by atoms with Crippen molar-refractivity contribution in [3.63, 3.8) is 0 Å². The van der Waals surface area contributed by atoms with Gasteiger partial charge < -0.3 is 9.32 Å². The smallest absolute Gasteiger partial charge is 0.243 e. The first-order valence-corrected chi connectivity index (χ1v) is 11.6. The van der Waals surface area contributed by atoms with E-state index in [0.717, 1.165) is 32.4 Å². The molecule has 0 radical (unpaired) electrons. The number of anilines is 1. The molecule has 0 amide bonds. The molecule has 0 bridgehead atoms. The highest BCUT2D eigenvalue weighted by molar-refractivity contribution is 7.89. The van der Waals surface area contributed by atoms with Crippen molar-refractivity contribution in [3.8, 4) is 17.5 Å². The maximum atomic E-state index is 12.7. The van der Waals surface area contributed by atoms with Gasteiger partial charge in [-0.25, -0.2) is 8.42 Å². The molecular weight excluding hydrogens is 388 g/mol. The number of benzene rings is 1. The standard InChI is InChI=1S/C21H26N4O3S/c1-15-11-16(2)14-24(13-15)21-19(12-22)23-20(28-21)17-5-7-18(8-6-17)29(26,27)25-9-3-4-10-25/h5-8,15-16H,3-4,9-11,13-14H2,1-2H3/t15-,16-/m0/s1. The molecule has 7 nitrogen and oxygen atoms in total. The molecule has 2 atom stereocenters. The van der Waals surface area contributed by atoms with Gasteiger partial charge in [0.25, 0.3) is 0 Å². The molecule has 4 rings (SSSR count). The third-order valence-electron chi connectivity index (χ3n) is 5.68. The molecule has 0 saturated carbocycles. The van der Waals surface area contributed by atoms with Gasteiger partial charge in [0.2, 0.25) is 27.5 Å². The normalized spacial score (nSPS) is 23.3. The first-order valence-electron chi connectivity index (χ1n) is 10.1. The van der Waals surface area contributed by atoms with Crippen molar-refractivity contribution in [1.29, 1.82) is 5.26 Å². The molecule has 3 heterocycles. The molecule has 8 heteroatoms. The summed E-state index contributed by atoms with van der Waals surface area (Å²) in [5.41, 5.74) is 0.932. The summed E-state index contributed by atoms with van der Waals surface area (Å²) in [6.45, 7) is 7.22. The van der Waals surface area contributed by atoms with Crippen LogP contribution in [0.15, 0.2) is 33.6 Å². The highest BCUT2D eigenvalue weighted by atomic mass is 32.2. The second kappa shape index (κ2) is 7.81. The number of rotatable bonds is 4. The van der Waals surface area contributed by atoms with Gasteiger partial charge >= 0.3 is 0 Å². The number of aromatic nitrogens is 1. The van der Waals surface area contributed by atoms with Crippen molar-refractivity contribution in [2.24, 2.45) is 11.8 Å². The van der Waals surface area contributed by atoms with E-state index < -0.39 is 10.0 Å². The number of sulfonamides is 1. The maximum absolute atomic E-state index is 12.7. The van der Waals surface area contributed by atoms with Gasteiger partial charge in [-0.15, -0.1) is 0 Å². The number of nitriles is 1. The summed E-state index contributed by atoms with van der Waals surface area (Å²) in [6, 6.07) is 8.70. The Morgan fingerprint density at radius 3 is 2.31 bits per heavy atom. The Hall–Kier alpha value is -2.37. The van der Waals surface area contributed by atoms with Crippen molar-refractivity contribution < 1.29 is 12.8 Å². The summed E-state index contributed by atoms with van der Waals surface area (Å²) < 4.78 is 32.9. The Kier molecular flexibility index (Phi) is 5.36. The van der Waals surface area contributed by atoms with Crippen LogP contribution in [0.25, 0.3) is 11.5 Å². The molecule has 2 aliphatic heterocycles. The van der Waals surface area contributed by atoms with Gasteiger partial charge in [-0.1, -0.05) is 13.8 Å². The highest BCUT2D eigenvalue weighted by Gasteiger charge is 2.29. The lowest BCUT2D eigenvalue weighted by Crippen LogP contribution is -2.38. The van der Waals surface area contributed by atoms with Crippen LogP contribution in [0.5, 0.6) is 0 Å². The molecule has 1 aromatic heterocycles. The van der Waals surface area contributed by atoms with Crippen molar-refractivity contribution in [2.45, 2.75) is 38.0 Å². The second-order valence-corrected chi connectivity index (χ2v) is 10.2. The Bertz CT molecular complexity index is 1010. The SMILES string of the molecule is C[C@H]1C[C@H](C)CN(c2oc(-c3ccc(S(=O)(=O)N4CCCC4)cc3)nc2C#N)C1. The minimum Gasteiger partial charge on any atom is -0.419 e. The molecular formula is C21H26N4O3S. The lowest BCUT2D eigenvalue weighted by molar-refractivity contribution is 0.344. The van der Waals surface area contributed by atoms with E-state index in [1.165, 1.54) is 4.31 Å². The van der Waals surface area contributed by atoms with Gasteiger partial charge in [0.1, 0.15) is 6.07 Å². The van der Waals surface area contributed by atoms with Gasteiger partial charge in [0.15, 0.2) is 0 Å². The Labute approximate surface area is 172 Å². The number of hydrogen-bond acceptors (Lipinski definition) is 6. The summed E-state index contributed by atoms with van der Waals surface area (Å²) in [7, 11) is -3.45. The van der Waals surface area contributed by atoms with Crippen LogP contribution < -0.4 is 4.90 Å². The molecule has 2 aliphatic rings. The quantitative estimate of drug-likeness (QED) is 0.761. The fourth-order valence-corrected chi connectivity index (χ4v) is 5.92. The van der Waals surface area contributed by atoms with Crippen LogP contribution >= 0.6 is 0 Å². The Morgan fingerprint density at radius 2 is 1.72 bits per heavy atom. The second-order valence-electron chi connectivity index (χ2n) is 8.27. The predicted molar refractivity (Wildman–Crippen MR) is 110 cm³/mol. The van der Waals surface area contributed by atoms with Crippen LogP contribution in [0.1, 0.15) is 38.8 Å². The monoisotopic (exact) mass is 414 g/mol. The van der Waals surface area contributed by atoms with Crippen LogP contribution in [0.2, 0.25) is 0 Å². The highest BCUT2D eigenvalue weighted by Crippen LogP contribution is 2.33. The first-order chi connectivity index (χ1) is 13.9. The average Bonchev–Trinajstić information content (AvgIpc) is 3.37. The molecule has 0 aliphatic carbocycles. The van der Waals surface area contributed by atoms with E-state index in [2.05, 4.69) is 29.8 Å². The lowest BCUT2D eigenvalue weighted by atomic mass is 9.92. The molecule has 2 fully saturated rings. The van der Waals surface area contributed by atoms with E-state index in [0.29, 0.717) is 42.3 Å². The minimum atomic E-state index is -3.45. The van der Waals surface area contributed by atoms with Crippen molar-refractivity contribution in [1.82, 2.24) is 9.29 Å². The van der Waals surface area contributed by atoms with E-state index in [-0.39, 0.29) is 10.6 Å². The van der Waals surface area contributed by atoms with Crippen LogP contribution in [0.3, 0.4) is 0 Å². The third-order valence-corrected chi connectivity index (χ3v) is 7.59. The zero-order valence-corrected chi connectivity index (χ0v) is 17.7. The van der Waals surface area contributed by atoms with E-state index in [4.69, 9.17) is 4.42 Å². The topological polar surface area (TPSA) is 90.4 Å². The van der Waals surface area contributed by atoms with Crippen LogP contribution in [0.4, 0.5) is 5.88 Å². The summed E-state index contributed by atoms with van der Waals surface area (Å²) in [6.07, 6.45) is 2.97. The zero-order valence-electron chi connectivity index (χ0n) is 16.8. The molecule has 2 aromatic rings. The Morgan fingerprint density at radius 1 is 1.10 bits per heavy atom. The van der Waals surface area contributed by atoms with Gasteiger partial charge in [-0.2, -0.15) is 14.6 Å². The van der Waals surface area contributed by atoms with E-state index in [1.807, 2.05) is 0 Å². The van der Waals surface area contributed by atoms with Gasteiger partial charge in [-0.05, 0) is 55.4 Å². The minimum absolute atomic E-state index is 0.272. The van der Waals surface area contributed by atoms with Crippen LogP contribution in [-0.4, -0.2) is 43.9 Å². The summed E-state index contributed by atoms with van der Waals surface area (Å²) >= 11 is 0. The summed E-state index contributed by atoms with van der Waals surface area (Å²) in [4.78, 5) is 6.73. The lowest BCUT2D eigenvalue weighted by Gasteiger charge is -2.34. The van der Waals surface area contributed by atoms with E-state index in [9.17, 15) is 13.7 Å². The van der Waals surface area contributed by atoms with Crippen LogP contribution in [-0.2, 0) is 10.0 Å². The predicted octanol–water partition coefficient (Wildman–Crippen LogP) is 3.48. The number of nitrogens with zero attached hydrogens (tertiary/aromatic N) is 4.